The van der Waals surface area contributed by atoms with Crippen molar-refractivity contribution in [3.8, 4) is 11.8 Å². The Kier molecular flexibility index (Phi) is 3.66. The van der Waals surface area contributed by atoms with E-state index in [-0.39, 0.29) is 12.3 Å². The molecule has 98 valence electrons. The molecule has 0 saturated heterocycles. The van der Waals surface area contributed by atoms with Gasteiger partial charge in [0.25, 0.3) is 5.91 Å². The van der Waals surface area contributed by atoms with Crippen LogP contribution in [0.4, 0.5) is 5.69 Å². The van der Waals surface area contributed by atoms with Gasteiger partial charge in [-0.25, -0.2) is 0 Å². The number of anilines is 1. The molecule has 0 aromatic heterocycles. The number of ether oxygens (including phenoxy) is 1. The Balaban J connectivity index is 2.27. The average Bonchev–Trinajstić information content (AvgIpc) is 2.51. The van der Waals surface area contributed by atoms with Crippen molar-refractivity contribution in [2.45, 2.75) is 6.42 Å². The first-order valence-electron chi connectivity index (χ1n) is 5.81. The average molecular weight is 259 g/mol. The van der Waals surface area contributed by atoms with Crippen LogP contribution in [0, 0.1) is 11.3 Å². The number of nitrogens with zero attached hydrogens (tertiary/aromatic N) is 2. The molecule has 0 bridgehead atoms. The Labute approximate surface area is 110 Å². The summed E-state index contributed by atoms with van der Waals surface area (Å²) >= 11 is 0. The first-order valence-corrected chi connectivity index (χ1v) is 5.81. The molecule has 1 aromatic rings. The number of nitriles is 1. The lowest BCUT2D eigenvalue weighted by Gasteiger charge is -2.13. The highest BCUT2D eigenvalue weighted by molar-refractivity contribution is 5.99. The number of likely N-dealkylation sites (N-methyl/N-ethyl adjacent to an activating group) is 1. The molecule has 1 aromatic carbocycles. The number of nitrogens with one attached hydrogen (secondary N) is 1. The molecule has 1 heterocycles. The molecular formula is C13H13N3O3. The molecule has 1 N–H and O–H groups in total. The van der Waals surface area contributed by atoms with Crippen LogP contribution in [-0.2, 0) is 4.79 Å². The molecule has 1 aliphatic heterocycles. The quantitative estimate of drug-likeness (QED) is 0.859. The van der Waals surface area contributed by atoms with Crippen LogP contribution in [0.3, 0.4) is 0 Å². The third-order valence-corrected chi connectivity index (χ3v) is 2.76. The number of carbonyl (C=O) groups is 2. The summed E-state index contributed by atoms with van der Waals surface area (Å²) in [5, 5.41) is 11.0. The maximum atomic E-state index is 12.1. The van der Waals surface area contributed by atoms with E-state index in [4.69, 9.17) is 10.00 Å². The SMILES string of the molecule is CN1CCOc2ccc(NC(=O)CC#N)cc2C1=O. The molecular weight excluding hydrogens is 246 g/mol. The van der Waals surface area contributed by atoms with Gasteiger partial charge in [0, 0.05) is 12.7 Å². The first-order chi connectivity index (χ1) is 9.11. The van der Waals surface area contributed by atoms with E-state index in [9.17, 15) is 9.59 Å². The summed E-state index contributed by atoms with van der Waals surface area (Å²) in [4.78, 5) is 25.0. The van der Waals surface area contributed by atoms with Gasteiger partial charge in [-0.15, -0.1) is 0 Å². The largest absolute Gasteiger partial charge is 0.491 e. The minimum atomic E-state index is -0.405. The molecule has 0 spiro atoms. The van der Waals surface area contributed by atoms with E-state index in [0.717, 1.165) is 0 Å². The predicted octanol–water partition coefficient (Wildman–Crippen LogP) is 1.00. The van der Waals surface area contributed by atoms with E-state index >= 15 is 0 Å². The predicted molar refractivity (Wildman–Crippen MR) is 67.8 cm³/mol. The van der Waals surface area contributed by atoms with Gasteiger partial charge < -0.3 is 15.0 Å². The topological polar surface area (TPSA) is 82.4 Å². The Bertz CT molecular complexity index is 563. The zero-order chi connectivity index (χ0) is 13.8. The van der Waals surface area contributed by atoms with Crippen molar-refractivity contribution in [3.05, 3.63) is 23.8 Å². The maximum absolute atomic E-state index is 12.1. The van der Waals surface area contributed by atoms with E-state index in [2.05, 4.69) is 5.32 Å². The highest BCUT2D eigenvalue weighted by Gasteiger charge is 2.21. The molecule has 6 nitrogen and oxygen atoms in total. The molecule has 0 atom stereocenters. The van der Waals surface area contributed by atoms with Crippen LogP contribution < -0.4 is 10.1 Å². The van der Waals surface area contributed by atoms with Gasteiger partial charge in [-0.3, -0.25) is 9.59 Å². The van der Waals surface area contributed by atoms with E-state index < -0.39 is 5.91 Å². The summed E-state index contributed by atoms with van der Waals surface area (Å²) in [6.07, 6.45) is -0.221. The zero-order valence-electron chi connectivity index (χ0n) is 10.5. The Morgan fingerprint density at radius 3 is 3.11 bits per heavy atom. The number of fused-ring (bicyclic) bond motifs is 1. The molecule has 19 heavy (non-hydrogen) atoms. The summed E-state index contributed by atoms with van der Waals surface area (Å²) in [7, 11) is 1.70. The van der Waals surface area contributed by atoms with Crippen molar-refractivity contribution in [3.63, 3.8) is 0 Å². The number of hydrogen-bond donors (Lipinski definition) is 1. The van der Waals surface area contributed by atoms with Crippen LogP contribution in [0.15, 0.2) is 18.2 Å². The number of benzene rings is 1. The second-order valence-corrected chi connectivity index (χ2v) is 4.17. The fourth-order valence-corrected chi connectivity index (χ4v) is 1.78. The fourth-order valence-electron chi connectivity index (χ4n) is 1.78. The number of rotatable bonds is 2. The van der Waals surface area contributed by atoms with Crippen molar-refractivity contribution < 1.29 is 14.3 Å². The van der Waals surface area contributed by atoms with Gasteiger partial charge in [-0.2, -0.15) is 5.26 Å². The molecule has 0 saturated carbocycles. The maximum Gasteiger partial charge on any atom is 0.257 e. The summed E-state index contributed by atoms with van der Waals surface area (Å²) in [6, 6.07) is 6.62. The normalized spacial score (nSPS) is 13.9. The smallest absolute Gasteiger partial charge is 0.257 e. The van der Waals surface area contributed by atoms with Gasteiger partial charge in [0.1, 0.15) is 18.8 Å². The molecule has 0 fully saturated rings. The zero-order valence-corrected chi connectivity index (χ0v) is 10.5. The van der Waals surface area contributed by atoms with Crippen LogP contribution in [0.1, 0.15) is 16.8 Å². The van der Waals surface area contributed by atoms with Crippen molar-refractivity contribution >= 4 is 17.5 Å². The third kappa shape index (κ3) is 2.83. The summed E-state index contributed by atoms with van der Waals surface area (Å²) in [5.41, 5.74) is 0.890. The van der Waals surface area contributed by atoms with Gasteiger partial charge in [0.05, 0.1) is 18.2 Å². The minimum absolute atomic E-state index is 0.149. The van der Waals surface area contributed by atoms with Crippen LogP contribution in [0.25, 0.3) is 0 Å². The van der Waals surface area contributed by atoms with Crippen LogP contribution in [0.2, 0.25) is 0 Å². The van der Waals surface area contributed by atoms with Gasteiger partial charge in [-0.05, 0) is 18.2 Å². The van der Waals surface area contributed by atoms with E-state index in [0.29, 0.717) is 30.2 Å². The molecule has 2 amide bonds. The molecule has 2 rings (SSSR count). The fraction of sp³-hybridized carbons (Fsp3) is 0.308. The van der Waals surface area contributed by atoms with Crippen LogP contribution in [0.5, 0.6) is 5.75 Å². The standard InChI is InChI=1S/C13H13N3O3/c1-16-6-7-19-11-3-2-9(8-10(11)13(16)18)15-12(17)4-5-14/h2-3,8H,4,6-7H2,1H3,(H,15,17). The van der Waals surface area contributed by atoms with Gasteiger partial charge in [0.2, 0.25) is 5.91 Å². The molecule has 0 radical (unpaired) electrons. The van der Waals surface area contributed by atoms with Crippen LogP contribution in [-0.4, -0.2) is 36.9 Å². The highest BCUT2D eigenvalue weighted by Crippen LogP contribution is 2.26. The third-order valence-electron chi connectivity index (χ3n) is 2.76. The second-order valence-electron chi connectivity index (χ2n) is 4.17. The van der Waals surface area contributed by atoms with Crippen molar-refractivity contribution in [2.24, 2.45) is 0 Å². The Morgan fingerprint density at radius 1 is 1.58 bits per heavy atom. The monoisotopic (exact) mass is 259 g/mol. The first kappa shape index (κ1) is 12.9. The minimum Gasteiger partial charge on any atom is -0.491 e. The van der Waals surface area contributed by atoms with Gasteiger partial charge in [-0.1, -0.05) is 0 Å². The van der Waals surface area contributed by atoms with E-state index in [1.807, 2.05) is 0 Å². The van der Waals surface area contributed by atoms with Gasteiger partial charge in [0.15, 0.2) is 0 Å². The number of carbonyl (C=O) groups excluding carboxylic acids is 2. The number of amides is 2. The van der Waals surface area contributed by atoms with Crippen LogP contribution >= 0.6 is 0 Å². The molecule has 1 aliphatic rings. The Hall–Kier alpha value is -2.55. The highest BCUT2D eigenvalue weighted by atomic mass is 16.5. The molecule has 0 aliphatic carbocycles. The lowest BCUT2D eigenvalue weighted by atomic mass is 10.1. The van der Waals surface area contributed by atoms with E-state index in [1.54, 1.807) is 36.2 Å². The van der Waals surface area contributed by atoms with Crippen molar-refractivity contribution in [1.82, 2.24) is 4.90 Å². The summed E-state index contributed by atoms with van der Waals surface area (Å²) in [5.74, 6) is -0.0469. The second kappa shape index (κ2) is 5.40. The lowest BCUT2D eigenvalue weighted by molar-refractivity contribution is -0.115. The van der Waals surface area contributed by atoms with Crippen molar-refractivity contribution in [2.75, 3.05) is 25.5 Å². The molecule has 0 unspecified atom stereocenters. The van der Waals surface area contributed by atoms with Gasteiger partial charge >= 0.3 is 0 Å². The molecule has 6 heteroatoms. The summed E-state index contributed by atoms with van der Waals surface area (Å²) < 4.78 is 5.47. The van der Waals surface area contributed by atoms with E-state index in [1.165, 1.54) is 0 Å². The lowest BCUT2D eigenvalue weighted by Crippen LogP contribution is -2.27. The Morgan fingerprint density at radius 2 is 2.37 bits per heavy atom. The number of hydrogen-bond acceptors (Lipinski definition) is 4. The van der Waals surface area contributed by atoms with Crippen molar-refractivity contribution in [1.29, 1.82) is 5.26 Å². The summed E-state index contributed by atoms with van der Waals surface area (Å²) in [6.45, 7) is 0.957.